The van der Waals surface area contributed by atoms with Crippen molar-refractivity contribution in [2.24, 2.45) is 0 Å². The number of carbonyl (C=O) groups excluding carboxylic acids is 1. The molecule has 1 saturated heterocycles. The number of nitrogens with zero attached hydrogens (tertiary/aromatic N) is 2. The SMILES string of the molecule is CCOC(=O)c1cc(N)cnc1N1CCOC(C)C1. The molecular weight excluding hydrogens is 246 g/mol. The average molecular weight is 265 g/mol. The van der Waals surface area contributed by atoms with Gasteiger partial charge in [-0.1, -0.05) is 0 Å². The van der Waals surface area contributed by atoms with Gasteiger partial charge >= 0.3 is 5.97 Å². The summed E-state index contributed by atoms with van der Waals surface area (Å²) in [5.74, 6) is 0.222. The van der Waals surface area contributed by atoms with Crippen molar-refractivity contribution in [2.45, 2.75) is 20.0 Å². The molecule has 1 aliphatic rings. The minimum atomic E-state index is -0.392. The molecule has 0 aliphatic carbocycles. The van der Waals surface area contributed by atoms with Crippen molar-refractivity contribution in [3.05, 3.63) is 17.8 Å². The van der Waals surface area contributed by atoms with Crippen molar-refractivity contribution in [2.75, 3.05) is 36.9 Å². The fraction of sp³-hybridized carbons (Fsp3) is 0.538. The first-order valence-electron chi connectivity index (χ1n) is 6.41. The molecule has 2 N–H and O–H groups in total. The van der Waals surface area contributed by atoms with Crippen molar-refractivity contribution in [3.8, 4) is 0 Å². The summed E-state index contributed by atoms with van der Waals surface area (Å²) in [4.78, 5) is 18.3. The van der Waals surface area contributed by atoms with Crippen LogP contribution in [0.25, 0.3) is 0 Å². The van der Waals surface area contributed by atoms with Crippen LogP contribution in [0.5, 0.6) is 0 Å². The minimum absolute atomic E-state index is 0.114. The number of aromatic nitrogens is 1. The first-order chi connectivity index (χ1) is 9.11. The van der Waals surface area contributed by atoms with Gasteiger partial charge in [-0.3, -0.25) is 0 Å². The molecule has 2 heterocycles. The Morgan fingerprint density at radius 3 is 3.16 bits per heavy atom. The first-order valence-corrected chi connectivity index (χ1v) is 6.41. The molecule has 0 radical (unpaired) electrons. The molecule has 0 spiro atoms. The van der Waals surface area contributed by atoms with E-state index in [0.717, 1.165) is 0 Å². The normalized spacial score (nSPS) is 19.3. The summed E-state index contributed by atoms with van der Waals surface area (Å²) in [5, 5.41) is 0. The number of rotatable bonds is 3. The molecule has 1 unspecified atom stereocenters. The van der Waals surface area contributed by atoms with E-state index in [0.29, 0.717) is 43.4 Å². The summed E-state index contributed by atoms with van der Waals surface area (Å²) in [6.07, 6.45) is 1.67. The van der Waals surface area contributed by atoms with E-state index >= 15 is 0 Å². The summed E-state index contributed by atoms with van der Waals surface area (Å²) in [5.41, 5.74) is 6.57. The molecule has 0 bridgehead atoms. The van der Waals surface area contributed by atoms with E-state index < -0.39 is 5.97 Å². The number of nitrogen functional groups attached to an aromatic ring is 1. The number of pyridine rings is 1. The second-order valence-electron chi connectivity index (χ2n) is 4.49. The van der Waals surface area contributed by atoms with Crippen LogP contribution in [0.3, 0.4) is 0 Å². The smallest absolute Gasteiger partial charge is 0.341 e. The zero-order valence-corrected chi connectivity index (χ0v) is 11.3. The van der Waals surface area contributed by atoms with E-state index in [4.69, 9.17) is 15.2 Å². The van der Waals surface area contributed by atoms with Gasteiger partial charge in [0.15, 0.2) is 0 Å². The lowest BCUT2D eigenvalue weighted by Crippen LogP contribution is -2.42. The molecule has 1 aromatic rings. The zero-order chi connectivity index (χ0) is 13.8. The summed E-state index contributed by atoms with van der Waals surface area (Å²) in [7, 11) is 0. The highest BCUT2D eigenvalue weighted by Gasteiger charge is 2.23. The number of hydrogen-bond donors (Lipinski definition) is 1. The Bertz CT molecular complexity index is 464. The Balaban J connectivity index is 2.30. The van der Waals surface area contributed by atoms with Crippen LogP contribution in [-0.2, 0) is 9.47 Å². The van der Waals surface area contributed by atoms with E-state index in [2.05, 4.69) is 4.98 Å². The van der Waals surface area contributed by atoms with Crippen LogP contribution in [0.4, 0.5) is 11.5 Å². The van der Waals surface area contributed by atoms with Gasteiger partial charge in [0, 0.05) is 13.1 Å². The van der Waals surface area contributed by atoms with E-state index in [1.807, 2.05) is 11.8 Å². The van der Waals surface area contributed by atoms with Crippen molar-refractivity contribution in [3.63, 3.8) is 0 Å². The zero-order valence-electron chi connectivity index (χ0n) is 11.3. The van der Waals surface area contributed by atoms with Gasteiger partial charge in [0.2, 0.25) is 0 Å². The molecule has 6 heteroatoms. The van der Waals surface area contributed by atoms with E-state index in [9.17, 15) is 4.79 Å². The second-order valence-corrected chi connectivity index (χ2v) is 4.49. The number of esters is 1. The highest BCUT2D eigenvalue weighted by Crippen LogP contribution is 2.23. The van der Waals surface area contributed by atoms with E-state index in [1.165, 1.54) is 0 Å². The molecule has 1 atom stereocenters. The predicted molar refractivity (Wildman–Crippen MR) is 72.2 cm³/mol. The Morgan fingerprint density at radius 2 is 2.47 bits per heavy atom. The Hall–Kier alpha value is -1.82. The van der Waals surface area contributed by atoms with Crippen LogP contribution in [0, 0.1) is 0 Å². The molecule has 104 valence electrons. The van der Waals surface area contributed by atoms with Gasteiger partial charge in [-0.15, -0.1) is 0 Å². The molecule has 1 aliphatic heterocycles. The van der Waals surface area contributed by atoms with Crippen molar-refractivity contribution >= 4 is 17.5 Å². The predicted octanol–water partition coefficient (Wildman–Crippen LogP) is 1.07. The van der Waals surface area contributed by atoms with E-state index in [1.54, 1.807) is 19.2 Å². The summed E-state index contributed by atoms with van der Waals surface area (Å²) in [6, 6.07) is 1.61. The van der Waals surface area contributed by atoms with Gasteiger partial charge in [-0.05, 0) is 19.9 Å². The van der Waals surface area contributed by atoms with Gasteiger partial charge in [0.25, 0.3) is 0 Å². The molecule has 1 aromatic heterocycles. The maximum absolute atomic E-state index is 12.0. The third kappa shape index (κ3) is 3.14. The van der Waals surface area contributed by atoms with E-state index in [-0.39, 0.29) is 6.10 Å². The van der Waals surface area contributed by atoms with Gasteiger partial charge in [0.05, 0.1) is 31.2 Å². The maximum atomic E-state index is 12.0. The van der Waals surface area contributed by atoms with Crippen LogP contribution in [0.15, 0.2) is 12.3 Å². The van der Waals surface area contributed by atoms with Gasteiger partial charge in [-0.2, -0.15) is 0 Å². The van der Waals surface area contributed by atoms with Crippen LogP contribution >= 0.6 is 0 Å². The summed E-state index contributed by atoms with van der Waals surface area (Å²) in [6.45, 7) is 6.11. The number of anilines is 2. The number of hydrogen-bond acceptors (Lipinski definition) is 6. The lowest BCUT2D eigenvalue weighted by molar-refractivity contribution is 0.0498. The second kappa shape index (κ2) is 5.88. The summed E-state index contributed by atoms with van der Waals surface area (Å²) < 4.78 is 10.5. The topological polar surface area (TPSA) is 77.7 Å². The van der Waals surface area contributed by atoms with Crippen molar-refractivity contribution in [1.82, 2.24) is 4.98 Å². The Labute approximate surface area is 112 Å². The maximum Gasteiger partial charge on any atom is 0.341 e. The number of nitrogens with two attached hydrogens (primary N) is 1. The highest BCUT2D eigenvalue weighted by atomic mass is 16.5. The Kier molecular flexibility index (Phi) is 4.21. The van der Waals surface area contributed by atoms with Crippen LogP contribution in [0.1, 0.15) is 24.2 Å². The lowest BCUT2D eigenvalue weighted by Gasteiger charge is -2.32. The minimum Gasteiger partial charge on any atom is -0.462 e. The Morgan fingerprint density at radius 1 is 1.68 bits per heavy atom. The molecule has 6 nitrogen and oxygen atoms in total. The average Bonchev–Trinajstić information content (AvgIpc) is 2.39. The third-order valence-electron chi connectivity index (χ3n) is 2.92. The van der Waals surface area contributed by atoms with Gasteiger partial charge < -0.3 is 20.1 Å². The van der Waals surface area contributed by atoms with Crippen LogP contribution < -0.4 is 10.6 Å². The van der Waals surface area contributed by atoms with Crippen LogP contribution in [-0.4, -0.2) is 43.4 Å². The molecule has 0 aromatic carbocycles. The number of ether oxygens (including phenoxy) is 2. The fourth-order valence-electron chi connectivity index (χ4n) is 2.10. The first kappa shape index (κ1) is 13.6. The molecule has 1 fully saturated rings. The van der Waals surface area contributed by atoms with Gasteiger partial charge in [0.1, 0.15) is 11.4 Å². The molecule has 0 amide bonds. The standard InChI is InChI=1S/C13H19N3O3/c1-3-18-13(17)11-6-10(14)7-15-12(11)16-4-5-19-9(2)8-16/h6-7,9H,3-5,8,14H2,1-2H3. The molecule has 2 rings (SSSR count). The van der Waals surface area contributed by atoms with Gasteiger partial charge in [-0.25, -0.2) is 9.78 Å². The number of carbonyl (C=O) groups is 1. The highest BCUT2D eigenvalue weighted by molar-refractivity contribution is 5.95. The van der Waals surface area contributed by atoms with Crippen molar-refractivity contribution in [1.29, 1.82) is 0 Å². The van der Waals surface area contributed by atoms with Crippen molar-refractivity contribution < 1.29 is 14.3 Å². The quantitative estimate of drug-likeness (QED) is 0.824. The summed E-state index contributed by atoms with van der Waals surface area (Å²) >= 11 is 0. The number of morpholine rings is 1. The monoisotopic (exact) mass is 265 g/mol. The lowest BCUT2D eigenvalue weighted by atomic mass is 10.2. The molecule has 0 saturated carbocycles. The van der Waals surface area contributed by atoms with Crippen LogP contribution in [0.2, 0.25) is 0 Å². The molecular formula is C13H19N3O3. The molecule has 19 heavy (non-hydrogen) atoms. The third-order valence-corrected chi connectivity index (χ3v) is 2.92. The largest absolute Gasteiger partial charge is 0.462 e. The fourth-order valence-corrected chi connectivity index (χ4v) is 2.10.